The maximum Gasteiger partial charge on any atom is 0.262 e. The molecular formula is C12H6BrF4NO2S. The number of nitrogens with one attached hydrogen (secondary N) is 1. The smallest absolute Gasteiger partial charge is 0.262 e. The normalized spacial score (nSPS) is 11.5. The topological polar surface area (TPSA) is 46.2 Å². The molecule has 2 aromatic rings. The van der Waals surface area contributed by atoms with E-state index >= 15 is 0 Å². The van der Waals surface area contributed by atoms with Crippen molar-refractivity contribution in [3.8, 4) is 0 Å². The molecule has 21 heavy (non-hydrogen) atoms. The van der Waals surface area contributed by atoms with Crippen LogP contribution < -0.4 is 4.72 Å². The van der Waals surface area contributed by atoms with Gasteiger partial charge >= 0.3 is 0 Å². The monoisotopic (exact) mass is 383 g/mol. The molecule has 112 valence electrons. The van der Waals surface area contributed by atoms with Gasteiger partial charge in [0.05, 0.1) is 4.90 Å². The van der Waals surface area contributed by atoms with Crippen LogP contribution in [0.1, 0.15) is 0 Å². The summed E-state index contributed by atoms with van der Waals surface area (Å²) in [6.07, 6.45) is 0. The van der Waals surface area contributed by atoms with Crippen molar-refractivity contribution < 1.29 is 26.0 Å². The molecule has 0 amide bonds. The van der Waals surface area contributed by atoms with Crippen LogP contribution in [0.15, 0.2) is 39.7 Å². The van der Waals surface area contributed by atoms with E-state index in [0.29, 0.717) is 4.47 Å². The molecule has 0 radical (unpaired) electrons. The Hall–Kier alpha value is -1.61. The largest absolute Gasteiger partial charge is 0.274 e. The molecule has 0 saturated carbocycles. The zero-order valence-electron chi connectivity index (χ0n) is 10.0. The Balaban J connectivity index is 2.49. The number of sulfonamides is 1. The van der Waals surface area contributed by atoms with Gasteiger partial charge in [-0.15, -0.1) is 0 Å². The number of halogens is 5. The van der Waals surface area contributed by atoms with Crippen LogP contribution in [0.25, 0.3) is 0 Å². The second-order valence-electron chi connectivity index (χ2n) is 3.90. The van der Waals surface area contributed by atoms with Gasteiger partial charge in [-0.2, -0.15) is 0 Å². The van der Waals surface area contributed by atoms with Crippen LogP contribution in [0, 0.1) is 23.3 Å². The number of hydrogen-bond donors (Lipinski definition) is 1. The molecule has 0 aliphatic rings. The Morgan fingerprint density at radius 2 is 1.38 bits per heavy atom. The molecule has 0 bridgehead atoms. The highest BCUT2D eigenvalue weighted by molar-refractivity contribution is 9.10. The van der Waals surface area contributed by atoms with E-state index < -0.39 is 39.0 Å². The van der Waals surface area contributed by atoms with Crippen LogP contribution in [-0.4, -0.2) is 8.42 Å². The van der Waals surface area contributed by atoms with Crippen molar-refractivity contribution in [2.45, 2.75) is 4.90 Å². The first-order valence-electron chi connectivity index (χ1n) is 5.34. The molecule has 0 aliphatic heterocycles. The average molecular weight is 384 g/mol. The van der Waals surface area contributed by atoms with E-state index in [0.717, 1.165) is 12.1 Å². The minimum absolute atomic E-state index is 0.0118. The third-order valence-corrected chi connectivity index (χ3v) is 4.37. The van der Waals surface area contributed by atoms with Crippen molar-refractivity contribution in [3.63, 3.8) is 0 Å². The van der Waals surface area contributed by atoms with Gasteiger partial charge in [0.1, 0.15) is 5.69 Å². The Kier molecular flexibility index (Phi) is 4.24. The molecule has 2 aromatic carbocycles. The maximum absolute atomic E-state index is 13.4. The van der Waals surface area contributed by atoms with E-state index in [1.54, 1.807) is 0 Å². The summed E-state index contributed by atoms with van der Waals surface area (Å²) in [5.41, 5.74) is -1.41. The molecule has 0 atom stereocenters. The summed E-state index contributed by atoms with van der Waals surface area (Å²) in [7, 11) is -4.39. The van der Waals surface area contributed by atoms with E-state index in [4.69, 9.17) is 0 Å². The zero-order valence-corrected chi connectivity index (χ0v) is 12.4. The first-order valence-corrected chi connectivity index (χ1v) is 7.61. The molecule has 0 fully saturated rings. The van der Waals surface area contributed by atoms with Gasteiger partial charge < -0.3 is 0 Å². The summed E-state index contributed by atoms with van der Waals surface area (Å²) in [6, 6.07) is 5.05. The second-order valence-corrected chi connectivity index (χ2v) is 6.50. The minimum Gasteiger partial charge on any atom is -0.274 e. The number of rotatable bonds is 3. The highest BCUT2D eigenvalue weighted by Gasteiger charge is 2.24. The quantitative estimate of drug-likeness (QED) is 0.647. The highest BCUT2D eigenvalue weighted by Crippen LogP contribution is 2.27. The van der Waals surface area contributed by atoms with Crippen LogP contribution in [-0.2, 0) is 10.0 Å². The van der Waals surface area contributed by atoms with Gasteiger partial charge in [-0.3, -0.25) is 4.72 Å². The maximum atomic E-state index is 13.4. The van der Waals surface area contributed by atoms with Crippen LogP contribution in [0.3, 0.4) is 0 Å². The van der Waals surface area contributed by atoms with Gasteiger partial charge in [0, 0.05) is 10.5 Å². The standard InChI is InChI=1S/C12H6BrF4NO2S/c13-6-1-3-7(4-2-6)21(19,20)18-12-10(16)8(14)5-9(15)11(12)17/h1-5,18H. The molecular weight excluding hydrogens is 378 g/mol. The third-order valence-electron chi connectivity index (χ3n) is 2.47. The Labute approximate surface area is 125 Å². The van der Waals surface area contributed by atoms with E-state index in [1.165, 1.54) is 16.9 Å². The molecule has 9 heteroatoms. The first kappa shape index (κ1) is 15.8. The molecule has 2 rings (SSSR count). The van der Waals surface area contributed by atoms with Crippen LogP contribution in [0.2, 0.25) is 0 Å². The molecule has 0 aliphatic carbocycles. The van der Waals surface area contributed by atoms with Gasteiger partial charge in [-0.05, 0) is 24.3 Å². The first-order chi connectivity index (χ1) is 9.72. The predicted molar refractivity (Wildman–Crippen MR) is 71.2 cm³/mol. The lowest BCUT2D eigenvalue weighted by molar-refractivity contribution is 0.459. The van der Waals surface area contributed by atoms with Crippen LogP contribution in [0.4, 0.5) is 23.2 Å². The predicted octanol–water partition coefficient (Wildman–Crippen LogP) is 3.81. The van der Waals surface area contributed by atoms with E-state index in [1.807, 2.05) is 0 Å². The van der Waals surface area contributed by atoms with Gasteiger partial charge in [-0.1, -0.05) is 15.9 Å². The molecule has 1 N–H and O–H groups in total. The summed E-state index contributed by atoms with van der Waals surface area (Å²) in [5, 5.41) is 0. The molecule has 0 aromatic heterocycles. The van der Waals surface area contributed by atoms with E-state index in [9.17, 15) is 26.0 Å². The Bertz CT molecular complexity index is 768. The molecule has 0 unspecified atom stereocenters. The van der Waals surface area contributed by atoms with Gasteiger partial charge in [0.25, 0.3) is 10.0 Å². The summed E-state index contributed by atoms with van der Waals surface area (Å²) in [6.45, 7) is 0. The number of benzene rings is 2. The van der Waals surface area contributed by atoms with Crippen LogP contribution in [0.5, 0.6) is 0 Å². The average Bonchev–Trinajstić information content (AvgIpc) is 2.42. The lowest BCUT2D eigenvalue weighted by atomic mass is 10.3. The third kappa shape index (κ3) is 3.18. The summed E-state index contributed by atoms with van der Waals surface area (Å²) < 4.78 is 78.9. The molecule has 0 heterocycles. The van der Waals surface area contributed by atoms with Crippen molar-refractivity contribution >= 4 is 31.6 Å². The fourth-order valence-electron chi connectivity index (χ4n) is 1.47. The fourth-order valence-corrected chi connectivity index (χ4v) is 2.79. The highest BCUT2D eigenvalue weighted by atomic mass is 79.9. The van der Waals surface area contributed by atoms with Gasteiger partial charge in [0.15, 0.2) is 23.3 Å². The van der Waals surface area contributed by atoms with Gasteiger partial charge in [0.2, 0.25) is 0 Å². The molecule has 0 spiro atoms. The van der Waals surface area contributed by atoms with E-state index in [2.05, 4.69) is 15.9 Å². The Morgan fingerprint density at radius 3 is 1.86 bits per heavy atom. The van der Waals surface area contributed by atoms with Crippen molar-refractivity contribution in [1.82, 2.24) is 0 Å². The van der Waals surface area contributed by atoms with Crippen molar-refractivity contribution in [2.24, 2.45) is 0 Å². The summed E-state index contributed by atoms with van der Waals surface area (Å²) in [4.78, 5) is -0.325. The summed E-state index contributed by atoms with van der Waals surface area (Å²) in [5.74, 6) is -7.06. The second kappa shape index (κ2) is 5.64. The lowest BCUT2D eigenvalue weighted by Gasteiger charge is -2.11. The van der Waals surface area contributed by atoms with E-state index in [-0.39, 0.29) is 11.0 Å². The molecule has 0 saturated heterocycles. The Morgan fingerprint density at radius 1 is 0.905 bits per heavy atom. The fraction of sp³-hybridized carbons (Fsp3) is 0. The SMILES string of the molecule is O=S(=O)(Nc1c(F)c(F)cc(F)c1F)c1ccc(Br)cc1. The van der Waals surface area contributed by atoms with Gasteiger partial charge in [-0.25, -0.2) is 26.0 Å². The van der Waals surface area contributed by atoms with Crippen molar-refractivity contribution in [2.75, 3.05) is 4.72 Å². The zero-order chi connectivity index (χ0) is 15.8. The number of hydrogen-bond acceptors (Lipinski definition) is 2. The minimum atomic E-state index is -4.39. The van der Waals surface area contributed by atoms with Crippen molar-refractivity contribution in [3.05, 3.63) is 58.1 Å². The lowest BCUT2D eigenvalue weighted by Crippen LogP contribution is -2.16. The number of anilines is 1. The molecule has 3 nitrogen and oxygen atoms in total. The van der Waals surface area contributed by atoms with Crippen LogP contribution >= 0.6 is 15.9 Å². The van der Waals surface area contributed by atoms with Crippen molar-refractivity contribution in [1.29, 1.82) is 0 Å². The summed E-state index contributed by atoms with van der Waals surface area (Å²) >= 11 is 3.09.